The number of nitrogen functional groups attached to an aromatic ring is 1. The molecule has 0 saturated carbocycles. The predicted molar refractivity (Wildman–Crippen MR) is 143 cm³/mol. The van der Waals surface area contributed by atoms with Crippen LogP contribution in [0, 0.1) is 0 Å². The van der Waals surface area contributed by atoms with Crippen molar-refractivity contribution in [2.75, 3.05) is 5.73 Å². The minimum Gasteiger partial charge on any atom is -0.398 e. The standard InChI is InChI=1S/C31H28N2/c1-3-8-21-18-33-31(26(9-4-2)30(21)32)25-17-16-20-12-6-14-23-22-13-5-10-19-11-7-15-24(27(19)22)29(25)28(20)23/h5-7,10-18H,3-4,8-9H2,1-2H3,(H2,32,33). The van der Waals surface area contributed by atoms with Crippen LogP contribution in [0.5, 0.6) is 0 Å². The van der Waals surface area contributed by atoms with Crippen molar-refractivity contribution in [3.05, 3.63) is 84.1 Å². The fourth-order valence-corrected chi connectivity index (χ4v) is 5.67. The van der Waals surface area contributed by atoms with E-state index in [1.807, 2.05) is 6.20 Å². The molecule has 2 heteroatoms. The highest BCUT2D eigenvalue weighted by Crippen LogP contribution is 2.45. The van der Waals surface area contributed by atoms with Crippen LogP contribution in [-0.4, -0.2) is 4.98 Å². The first-order valence-corrected chi connectivity index (χ1v) is 12.1. The van der Waals surface area contributed by atoms with Gasteiger partial charge < -0.3 is 5.73 Å². The second-order valence-corrected chi connectivity index (χ2v) is 9.13. The van der Waals surface area contributed by atoms with E-state index in [-0.39, 0.29) is 0 Å². The number of aryl methyl sites for hydroxylation is 1. The van der Waals surface area contributed by atoms with Crippen LogP contribution in [0.15, 0.2) is 72.9 Å². The van der Waals surface area contributed by atoms with Crippen molar-refractivity contribution in [1.29, 1.82) is 0 Å². The SMILES string of the molecule is CCCc1cnc(-c2ccc3cccc4c5cccc6cccc(c2c34)c65)c(CCC)c1N. The molecule has 0 amide bonds. The Morgan fingerprint density at radius 3 is 2.00 bits per heavy atom. The molecule has 2 N–H and O–H groups in total. The molecule has 0 aliphatic heterocycles. The number of nitrogens with zero attached hydrogens (tertiary/aromatic N) is 1. The summed E-state index contributed by atoms with van der Waals surface area (Å²) in [6.45, 7) is 4.41. The third-order valence-electron chi connectivity index (χ3n) is 7.09. The van der Waals surface area contributed by atoms with E-state index in [1.165, 1.54) is 59.8 Å². The lowest BCUT2D eigenvalue weighted by Gasteiger charge is -2.20. The maximum Gasteiger partial charge on any atom is 0.0761 e. The van der Waals surface area contributed by atoms with Gasteiger partial charge in [0.2, 0.25) is 0 Å². The maximum absolute atomic E-state index is 6.75. The molecule has 0 spiro atoms. The van der Waals surface area contributed by atoms with Crippen LogP contribution in [0.4, 0.5) is 5.69 Å². The van der Waals surface area contributed by atoms with E-state index >= 15 is 0 Å². The van der Waals surface area contributed by atoms with Gasteiger partial charge >= 0.3 is 0 Å². The number of pyridine rings is 1. The molecule has 0 fully saturated rings. The monoisotopic (exact) mass is 428 g/mol. The van der Waals surface area contributed by atoms with Gasteiger partial charge in [0.25, 0.3) is 0 Å². The smallest absolute Gasteiger partial charge is 0.0761 e. The zero-order valence-corrected chi connectivity index (χ0v) is 19.3. The Labute approximate surface area is 194 Å². The predicted octanol–water partition coefficient (Wildman–Crippen LogP) is 8.29. The molecule has 33 heavy (non-hydrogen) atoms. The van der Waals surface area contributed by atoms with Gasteiger partial charge in [-0.1, -0.05) is 93.4 Å². The van der Waals surface area contributed by atoms with E-state index in [9.17, 15) is 0 Å². The summed E-state index contributed by atoms with van der Waals surface area (Å²) in [5.74, 6) is 0. The number of benzene rings is 5. The van der Waals surface area contributed by atoms with Crippen molar-refractivity contribution in [2.45, 2.75) is 39.5 Å². The summed E-state index contributed by atoms with van der Waals surface area (Å²) in [5.41, 5.74) is 12.3. The highest BCUT2D eigenvalue weighted by molar-refractivity contribution is 6.35. The van der Waals surface area contributed by atoms with Crippen LogP contribution in [-0.2, 0) is 12.8 Å². The molecule has 0 unspecified atom stereocenters. The van der Waals surface area contributed by atoms with Crippen molar-refractivity contribution in [3.63, 3.8) is 0 Å². The highest BCUT2D eigenvalue weighted by Gasteiger charge is 2.20. The van der Waals surface area contributed by atoms with Crippen LogP contribution in [0.3, 0.4) is 0 Å². The first kappa shape index (κ1) is 20.0. The van der Waals surface area contributed by atoms with Gasteiger partial charge in [-0.3, -0.25) is 4.98 Å². The summed E-state index contributed by atoms with van der Waals surface area (Å²) in [5, 5.41) is 10.4. The van der Waals surface area contributed by atoms with Gasteiger partial charge in [0.15, 0.2) is 0 Å². The Bertz CT molecular complexity index is 1640. The normalized spacial score (nSPS) is 11.9. The van der Waals surface area contributed by atoms with Crippen molar-refractivity contribution in [1.82, 2.24) is 4.98 Å². The second-order valence-electron chi connectivity index (χ2n) is 9.13. The van der Waals surface area contributed by atoms with Crippen molar-refractivity contribution >= 4 is 48.8 Å². The van der Waals surface area contributed by atoms with E-state index in [2.05, 4.69) is 80.6 Å². The van der Waals surface area contributed by atoms with Crippen LogP contribution >= 0.6 is 0 Å². The lowest BCUT2D eigenvalue weighted by Crippen LogP contribution is -2.05. The van der Waals surface area contributed by atoms with E-state index in [4.69, 9.17) is 10.7 Å². The van der Waals surface area contributed by atoms with E-state index in [0.717, 1.165) is 37.1 Å². The lowest BCUT2D eigenvalue weighted by atomic mass is 9.85. The fraction of sp³-hybridized carbons (Fsp3) is 0.194. The van der Waals surface area contributed by atoms with Crippen molar-refractivity contribution < 1.29 is 0 Å². The van der Waals surface area contributed by atoms with Gasteiger partial charge in [0.1, 0.15) is 0 Å². The molecule has 5 aromatic carbocycles. The van der Waals surface area contributed by atoms with Crippen LogP contribution in [0.25, 0.3) is 54.3 Å². The number of fused-ring (bicyclic) bond motifs is 2. The third-order valence-corrected chi connectivity index (χ3v) is 7.09. The molecule has 6 rings (SSSR count). The average molecular weight is 429 g/mol. The van der Waals surface area contributed by atoms with Gasteiger partial charge in [-0.15, -0.1) is 0 Å². The number of nitrogens with two attached hydrogens (primary N) is 1. The maximum atomic E-state index is 6.75. The second kappa shape index (κ2) is 7.74. The molecule has 0 saturated heterocycles. The zero-order chi connectivity index (χ0) is 22.5. The lowest BCUT2D eigenvalue weighted by molar-refractivity contribution is 0.889. The Balaban J connectivity index is 1.81. The third kappa shape index (κ3) is 2.90. The number of anilines is 1. The van der Waals surface area contributed by atoms with Crippen LogP contribution in [0.2, 0.25) is 0 Å². The molecule has 0 radical (unpaired) electrons. The molecule has 6 aromatic rings. The molecule has 1 heterocycles. The average Bonchev–Trinajstić information content (AvgIpc) is 2.85. The molecule has 0 bridgehead atoms. The minimum absolute atomic E-state index is 0.929. The summed E-state index contributed by atoms with van der Waals surface area (Å²) >= 11 is 0. The first-order chi connectivity index (χ1) is 16.2. The van der Waals surface area contributed by atoms with E-state index < -0.39 is 0 Å². The van der Waals surface area contributed by atoms with E-state index in [1.54, 1.807) is 0 Å². The molecule has 0 atom stereocenters. The molecule has 162 valence electrons. The highest BCUT2D eigenvalue weighted by atomic mass is 14.7. The molecule has 1 aromatic heterocycles. The quantitative estimate of drug-likeness (QED) is 0.222. The number of rotatable bonds is 5. The molecular weight excluding hydrogens is 400 g/mol. The van der Waals surface area contributed by atoms with Crippen molar-refractivity contribution in [3.8, 4) is 11.3 Å². The van der Waals surface area contributed by atoms with Crippen LogP contribution < -0.4 is 5.73 Å². The Kier molecular flexibility index (Phi) is 4.69. The number of hydrogen-bond acceptors (Lipinski definition) is 2. The van der Waals surface area contributed by atoms with E-state index in [0.29, 0.717) is 0 Å². The summed E-state index contributed by atoms with van der Waals surface area (Å²) in [4.78, 5) is 5.06. The summed E-state index contributed by atoms with van der Waals surface area (Å²) in [7, 11) is 0. The van der Waals surface area contributed by atoms with Crippen molar-refractivity contribution in [2.24, 2.45) is 0 Å². The Morgan fingerprint density at radius 1 is 0.667 bits per heavy atom. The number of hydrogen-bond donors (Lipinski definition) is 1. The fourth-order valence-electron chi connectivity index (χ4n) is 5.67. The Morgan fingerprint density at radius 2 is 1.30 bits per heavy atom. The van der Waals surface area contributed by atoms with Gasteiger partial charge in [-0.25, -0.2) is 0 Å². The molecule has 0 aliphatic carbocycles. The van der Waals surface area contributed by atoms with Gasteiger partial charge in [-0.05, 0) is 56.1 Å². The van der Waals surface area contributed by atoms with Gasteiger partial charge in [0.05, 0.1) is 5.69 Å². The van der Waals surface area contributed by atoms with Crippen LogP contribution in [0.1, 0.15) is 37.8 Å². The first-order valence-electron chi connectivity index (χ1n) is 12.1. The topological polar surface area (TPSA) is 38.9 Å². The minimum atomic E-state index is 0.929. The molecule has 0 aliphatic rings. The summed E-state index contributed by atoms with van der Waals surface area (Å²) in [6.07, 6.45) is 6.03. The summed E-state index contributed by atoms with van der Waals surface area (Å²) in [6, 6.07) is 24.5. The van der Waals surface area contributed by atoms with Gasteiger partial charge in [0, 0.05) is 28.4 Å². The molecular formula is C31H28N2. The number of aromatic nitrogens is 1. The largest absolute Gasteiger partial charge is 0.398 e. The zero-order valence-electron chi connectivity index (χ0n) is 19.3. The Hall–Kier alpha value is -3.65. The molecule has 2 nitrogen and oxygen atoms in total. The van der Waals surface area contributed by atoms with Gasteiger partial charge in [-0.2, -0.15) is 0 Å². The summed E-state index contributed by atoms with van der Waals surface area (Å²) < 4.78 is 0.